The molecule has 0 aromatic rings. The van der Waals surface area contributed by atoms with Gasteiger partial charge in [-0.1, -0.05) is 103 Å². The summed E-state index contributed by atoms with van der Waals surface area (Å²) in [5, 5.41) is 12.6. The smallest absolute Gasteiger partial charge is 0.0607 e. The van der Waals surface area contributed by atoms with Gasteiger partial charge in [0.2, 0.25) is 0 Å². The second-order valence-electron chi connectivity index (χ2n) is 8.27. The standard InChI is InChI=1S/C22H47NO.BrH/c1-4-5-6-7-8-9-10-11-12-13-14-15-16-17-18-19-20-23-22(2,3)21-24;/h23-24H,4-21H2,1-3H3;1H. The van der Waals surface area contributed by atoms with Gasteiger partial charge in [0.15, 0.2) is 0 Å². The van der Waals surface area contributed by atoms with Gasteiger partial charge in [-0.2, -0.15) is 0 Å². The summed E-state index contributed by atoms with van der Waals surface area (Å²) in [4.78, 5) is 0. The van der Waals surface area contributed by atoms with E-state index in [1.807, 2.05) is 0 Å². The maximum atomic E-state index is 9.17. The molecule has 0 rings (SSSR count). The van der Waals surface area contributed by atoms with Gasteiger partial charge in [-0.3, -0.25) is 0 Å². The minimum Gasteiger partial charge on any atom is -0.394 e. The first-order valence-electron chi connectivity index (χ1n) is 11.0. The summed E-state index contributed by atoms with van der Waals surface area (Å²) in [5.74, 6) is 0. The molecule has 0 spiro atoms. The molecule has 0 aromatic carbocycles. The van der Waals surface area contributed by atoms with E-state index in [1.165, 1.54) is 103 Å². The molecule has 2 nitrogen and oxygen atoms in total. The monoisotopic (exact) mass is 421 g/mol. The third-order valence-corrected chi connectivity index (χ3v) is 5.03. The summed E-state index contributed by atoms with van der Waals surface area (Å²) in [6.07, 6.45) is 22.6. The van der Waals surface area contributed by atoms with Crippen LogP contribution in [0.3, 0.4) is 0 Å². The highest BCUT2D eigenvalue weighted by atomic mass is 79.9. The van der Waals surface area contributed by atoms with E-state index in [0.29, 0.717) is 0 Å². The first-order chi connectivity index (χ1) is 11.6. The molecule has 0 bridgehead atoms. The van der Waals surface area contributed by atoms with Gasteiger partial charge in [0.1, 0.15) is 0 Å². The summed E-state index contributed by atoms with van der Waals surface area (Å²) in [7, 11) is 0. The zero-order chi connectivity index (χ0) is 17.9. The lowest BCUT2D eigenvalue weighted by molar-refractivity contribution is 0.188. The molecule has 0 saturated carbocycles. The highest BCUT2D eigenvalue weighted by Gasteiger charge is 2.13. The van der Waals surface area contributed by atoms with Crippen LogP contribution in [0, 0.1) is 0 Å². The van der Waals surface area contributed by atoms with Crippen molar-refractivity contribution in [1.82, 2.24) is 5.32 Å². The van der Waals surface area contributed by atoms with E-state index in [9.17, 15) is 0 Å². The Kier molecular flexibility index (Phi) is 22.9. The molecule has 3 heteroatoms. The summed E-state index contributed by atoms with van der Waals surface area (Å²) in [5.41, 5.74) is -0.116. The van der Waals surface area contributed by atoms with Crippen molar-refractivity contribution < 1.29 is 5.11 Å². The molecule has 2 N–H and O–H groups in total. The van der Waals surface area contributed by atoms with E-state index in [1.54, 1.807) is 0 Å². The number of aliphatic hydroxyl groups is 1. The van der Waals surface area contributed by atoms with Crippen molar-refractivity contribution in [3.05, 3.63) is 0 Å². The van der Waals surface area contributed by atoms with Crippen LogP contribution in [0.5, 0.6) is 0 Å². The quantitative estimate of drug-likeness (QED) is 0.216. The van der Waals surface area contributed by atoms with Crippen LogP contribution in [0.2, 0.25) is 0 Å². The van der Waals surface area contributed by atoms with Crippen LogP contribution in [0.4, 0.5) is 0 Å². The van der Waals surface area contributed by atoms with Gasteiger partial charge in [-0.15, -0.1) is 17.0 Å². The molecule has 0 fully saturated rings. The zero-order valence-corrected chi connectivity index (χ0v) is 19.3. The normalized spacial score (nSPS) is 11.5. The molecule has 25 heavy (non-hydrogen) atoms. The van der Waals surface area contributed by atoms with E-state index in [-0.39, 0.29) is 29.1 Å². The van der Waals surface area contributed by atoms with Crippen LogP contribution in [-0.2, 0) is 0 Å². The highest BCUT2D eigenvalue weighted by molar-refractivity contribution is 8.93. The third-order valence-electron chi connectivity index (χ3n) is 5.03. The number of hydrogen-bond donors (Lipinski definition) is 2. The first-order valence-corrected chi connectivity index (χ1v) is 11.0. The largest absolute Gasteiger partial charge is 0.394 e. The minimum atomic E-state index is -0.116. The molecule has 0 aliphatic rings. The van der Waals surface area contributed by atoms with E-state index in [2.05, 4.69) is 26.1 Å². The fourth-order valence-corrected chi connectivity index (χ4v) is 3.16. The van der Waals surface area contributed by atoms with Gasteiger partial charge in [-0.05, 0) is 26.8 Å². The molecular formula is C22H48BrNO. The number of hydrogen-bond acceptors (Lipinski definition) is 2. The lowest BCUT2D eigenvalue weighted by Crippen LogP contribution is -2.43. The van der Waals surface area contributed by atoms with Gasteiger partial charge in [0, 0.05) is 5.54 Å². The lowest BCUT2D eigenvalue weighted by atomic mass is 10.0. The second kappa shape index (κ2) is 20.7. The van der Waals surface area contributed by atoms with Gasteiger partial charge in [0.05, 0.1) is 6.61 Å². The average molecular weight is 423 g/mol. The fraction of sp³-hybridized carbons (Fsp3) is 1.00. The molecule has 0 aliphatic heterocycles. The third kappa shape index (κ3) is 22.4. The zero-order valence-electron chi connectivity index (χ0n) is 17.6. The Hall–Kier alpha value is 0.400. The van der Waals surface area contributed by atoms with Gasteiger partial charge >= 0.3 is 0 Å². The number of aliphatic hydroxyl groups excluding tert-OH is 1. The van der Waals surface area contributed by atoms with Gasteiger partial charge < -0.3 is 10.4 Å². The van der Waals surface area contributed by atoms with Crippen molar-refractivity contribution >= 4 is 17.0 Å². The van der Waals surface area contributed by atoms with Crippen molar-refractivity contribution in [3.63, 3.8) is 0 Å². The summed E-state index contributed by atoms with van der Waals surface area (Å²) in [6, 6.07) is 0. The summed E-state index contributed by atoms with van der Waals surface area (Å²) in [6.45, 7) is 7.65. The van der Waals surface area contributed by atoms with E-state index in [4.69, 9.17) is 5.11 Å². The van der Waals surface area contributed by atoms with E-state index in [0.717, 1.165) is 6.54 Å². The number of nitrogens with one attached hydrogen (secondary N) is 1. The summed E-state index contributed by atoms with van der Waals surface area (Å²) < 4.78 is 0. The average Bonchev–Trinajstić information content (AvgIpc) is 2.57. The molecule has 0 atom stereocenters. The van der Waals surface area contributed by atoms with Crippen molar-refractivity contribution in [2.45, 2.75) is 129 Å². The highest BCUT2D eigenvalue weighted by Crippen LogP contribution is 2.13. The van der Waals surface area contributed by atoms with Crippen molar-refractivity contribution in [2.75, 3.05) is 13.2 Å². The molecule has 0 radical (unpaired) electrons. The molecule has 154 valence electrons. The Labute approximate surface area is 169 Å². The maximum Gasteiger partial charge on any atom is 0.0607 e. The van der Waals surface area contributed by atoms with Crippen LogP contribution in [0.1, 0.15) is 124 Å². The SMILES string of the molecule is Br.CCCCCCCCCCCCCCCCCCNC(C)(C)CO. The van der Waals surface area contributed by atoms with Crippen LogP contribution in [0.15, 0.2) is 0 Å². The Bertz CT molecular complexity index is 246. The topological polar surface area (TPSA) is 32.3 Å². The first kappa shape index (κ1) is 27.6. The number of halogens is 1. The molecule has 0 amide bonds. The fourth-order valence-electron chi connectivity index (χ4n) is 3.16. The maximum absolute atomic E-state index is 9.17. The number of rotatable bonds is 19. The molecule has 0 unspecified atom stereocenters. The molecular weight excluding hydrogens is 374 g/mol. The predicted molar refractivity (Wildman–Crippen MR) is 119 cm³/mol. The van der Waals surface area contributed by atoms with Crippen LogP contribution in [0.25, 0.3) is 0 Å². The molecule has 0 saturated heterocycles. The van der Waals surface area contributed by atoms with Crippen LogP contribution < -0.4 is 5.32 Å². The van der Waals surface area contributed by atoms with E-state index >= 15 is 0 Å². The minimum absolute atomic E-state index is 0. The molecule has 0 heterocycles. The van der Waals surface area contributed by atoms with Gasteiger partial charge in [-0.25, -0.2) is 0 Å². The van der Waals surface area contributed by atoms with Crippen molar-refractivity contribution in [3.8, 4) is 0 Å². The van der Waals surface area contributed by atoms with Crippen LogP contribution >= 0.6 is 17.0 Å². The van der Waals surface area contributed by atoms with Gasteiger partial charge in [0.25, 0.3) is 0 Å². The van der Waals surface area contributed by atoms with E-state index < -0.39 is 0 Å². The Balaban J connectivity index is 0. The lowest BCUT2D eigenvalue weighted by Gasteiger charge is -2.23. The van der Waals surface area contributed by atoms with Crippen molar-refractivity contribution in [2.24, 2.45) is 0 Å². The Morgan fingerprint density at radius 2 is 0.920 bits per heavy atom. The second-order valence-corrected chi connectivity index (χ2v) is 8.27. The summed E-state index contributed by atoms with van der Waals surface area (Å²) >= 11 is 0. The molecule has 0 aromatic heterocycles. The Morgan fingerprint density at radius 3 is 1.24 bits per heavy atom. The number of unbranched alkanes of at least 4 members (excludes halogenated alkanes) is 15. The van der Waals surface area contributed by atoms with Crippen LogP contribution in [-0.4, -0.2) is 23.8 Å². The predicted octanol–water partition coefficient (Wildman–Crippen LogP) is 7.19. The Morgan fingerprint density at radius 1 is 0.600 bits per heavy atom. The van der Waals surface area contributed by atoms with Crippen molar-refractivity contribution in [1.29, 1.82) is 0 Å². The molecule has 0 aliphatic carbocycles.